The summed E-state index contributed by atoms with van der Waals surface area (Å²) >= 11 is 1.60. The molecule has 0 amide bonds. The molecule has 6 heteroatoms. The standard InChI is InChI=1S/C19H24N4OS/c1-2-3-5-14-7-9-15(10-8-14)18-22-17(12-20)19(24-18)23-21-13-16-6-4-11-25-16/h4,6,11,13-15,23H,2-3,5,7-10H2,1H3. The fraction of sp³-hybridized carbons (Fsp3) is 0.526. The van der Waals surface area contributed by atoms with Gasteiger partial charge in [0.05, 0.1) is 6.21 Å². The number of nitrogens with zero attached hydrogens (tertiary/aromatic N) is 3. The molecular weight excluding hydrogens is 332 g/mol. The molecule has 1 N–H and O–H groups in total. The van der Waals surface area contributed by atoms with Crippen LogP contribution < -0.4 is 5.43 Å². The number of hydrogen-bond donors (Lipinski definition) is 1. The van der Waals surface area contributed by atoms with Gasteiger partial charge < -0.3 is 4.42 Å². The fourth-order valence-corrected chi connectivity index (χ4v) is 3.96. The molecule has 0 bridgehead atoms. The molecule has 5 nitrogen and oxygen atoms in total. The Bertz CT molecular complexity index is 721. The van der Waals surface area contributed by atoms with Gasteiger partial charge in [-0.25, -0.2) is 10.4 Å². The fourth-order valence-electron chi connectivity index (χ4n) is 3.37. The maximum atomic E-state index is 9.29. The van der Waals surface area contributed by atoms with E-state index in [2.05, 4.69) is 28.5 Å². The average molecular weight is 356 g/mol. The zero-order valence-electron chi connectivity index (χ0n) is 14.6. The van der Waals surface area contributed by atoms with Crippen LogP contribution in [0.1, 0.15) is 74.2 Å². The largest absolute Gasteiger partial charge is 0.422 e. The lowest BCUT2D eigenvalue weighted by Crippen LogP contribution is -2.13. The first-order valence-corrected chi connectivity index (χ1v) is 9.91. The number of oxazole rings is 1. The van der Waals surface area contributed by atoms with E-state index in [0.29, 0.717) is 17.7 Å². The molecule has 2 aromatic rings. The van der Waals surface area contributed by atoms with Crippen molar-refractivity contribution < 1.29 is 4.42 Å². The van der Waals surface area contributed by atoms with Gasteiger partial charge in [-0.15, -0.1) is 11.3 Å². The Labute approximate surface area is 152 Å². The number of anilines is 1. The highest BCUT2D eigenvalue weighted by Gasteiger charge is 2.27. The molecule has 3 rings (SSSR count). The van der Waals surface area contributed by atoms with E-state index in [4.69, 9.17) is 4.42 Å². The summed E-state index contributed by atoms with van der Waals surface area (Å²) in [6, 6.07) is 6.04. The predicted molar refractivity (Wildman–Crippen MR) is 101 cm³/mol. The van der Waals surface area contributed by atoms with Gasteiger partial charge in [-0.3, -0.25) is 0 Å². The van der Waals surface area contributed by atoms with Crippen molar-refractivity contribution in [3.63, 3.8) is 0 Å². The van der Waals surface area contributed by atoms with Gasteiger partial charge in [0.1, 0.15) is 6.07 Å². The van der Waals surface area contributed by atoms with Gasteiger partial charge in [0, 0.05) is 10.8 Å². The Kier molecular flexibility index (Phi) is 6.24. The Morgan fingerprint density at radius 3 is 2.96 bits per heavy atom. The SMILES string of the molecule is CCCCC1CCC(c2nc(C#N)c(NN=Cc3cccs3)o2)CC1. The molecule has 1 fully saturated rings. The number of hydrogen-bond acceptors (Lipinski definition) is 6. The number of nitriles is 1. The van der Waals surface area contributed by atoms with E-state index in [1.807, 2.05) is 17.5 Å². The summed E-state index contributed by atoms with van der Waals surface area (Å²) in [7, 11) is 0. The van der Waals surface area contributed by atoms with Crippen molar-refractivity contribution in [2.24, 2.45) is 11.0 Å². The van der Waals surface area contributed by atoms with Gasteiger partial charge in [0.25, 0.3) is 5.88 Å². The average Bonchev–Trinajstić information content (AvgIpc) is 3.30. The summed E-state index contributed by atoms with van der Waals surface area (Å²) in [6.07, 6.45) is 10.3. The summed E-state index contributed by atoms with van der Waals surface area (Å²) in [5.41, 5.74) is 3.11. The van der Waals surface area contributed by atoms with Gasteiger partial charge in [0.15, 0.2) is 0 Å². The van der Waals surface area contributed by atoms with E-state index in [1.165, 1.54) is 32.1 Å². The van der Waals surface area contributed by atoms with Crippen LogP contribution in [0.25, 0.3) is 0 Å². The molecule has 0 unspecified atom stereocenters. The smallest absolute Gasteiger partial charge is 0.252 e. The third-order valence-electron chi connectivity index (χ3n) is 4.81. The molecule has 1 saturated carbocycles. The predicted octanol–water partition coefficient (Wildman–Crippen LogP) is 5.52. The normalized spacial score (nSPS) is 20.6. The van der Waals surface area contributed by atoms with Crippen molar-refractivity contribution in [3.05, 3.63) is 34.0 Å². The van der Waals surface area contributed by atoms with Crippen LogP contribution in [0.4, 0.5) is 5.88 Å². The molecule has 0 saturated heterocycles. The second kappa shape index (κ2) is 8.82. The molecule has 1 aliphatic carbocycles. The number of nitrogens with one attached hydrogen (secondary N) is 1. The number of rotatable bonds is 7. The van der Waals surface area contributed by atoms with Gasteiger partial charge in [-0.05, 0) is 43.0 Å². The molecule has 2 aromatic heterocycles. The number of aromatic nitrogens is 1. The summed E-state index contributed by atoms with van der Waals surface area (Å²) in [4.78, 5) is 5.43. The lowest BCUT2D eigenvalue weighted by atomic mass is 9.80. The van der Waals surface area contributed by atoms with Crippen molar-refractivity contribution >= 4 is 23.4 Å². The molecule has 0 radical (unpaired) electrons. The molecule has 2 heterocycles. The second-order valence-corrected chi connectivity index (χ2v) is 7.57. The lowest BCUT2D eigenvalue weighted by Gasteiger charge is -2.26. The molecule has 0 atom stereocenters. The van der Waals surface area contributed by atoms with Gasteiger partial charge in [0.2, 0.25) is 11.6 Å². The van der Waals surface area contributed by atoms with Crippen LogP contribution in [-0.2, 0) is 0 Å². The maximum absolute atomic E-state index is 9.29. The van der Waals surface area contributed by atoms with Crippen LogP contribution in [0.3, 0.4) is 0 Å². The van der Waals surface area contributed by atoms with Crippen molar-refractivity contribution in [2.75, 3.05) is 5.43 Å². The van der Waals surface area contributed by atoms with E-state index in [1.54, 1.807) is 17.6 Å². The highest BCUT2D eigenvalue weighted by molar-refractivity contribution is 7.11. The first-order chi connectivity index (χ1) is 12.3. The molecule has 1 aliphatic rings. The minimum Gasteiger partial charge on any atom is -0.422 e. The summed E-state index contributed by atoms with van der Waals surface area (Å²) in [5, 5.41) is 15.4. The van der Waals surface area contributed by atoms with E-state index < -0.39 is 0 Å². The first kappa shape index (κ1) is 17.7. The lowest BCUT2D eigenvalue weighted by molar-refractivity contribution is 0.278. The maximum Gasteiger partial charge on any atom is 0.252 e. The minimum atomic E-state index is 0.284. The van der Waals surface area contributed by atoms with Crippen LogP contribution in [0.15, 0.2) is 27.0 Å². The minimum absolute atomic E-state index is 0.284. The van der Waals surface area contributed by atoms with Gasteiger partial charge >= 0.3 is 0 Å². The van der Waals surface area contributed by atoms with Crippen molar-refractivity contribution in [1.82, 2.24) is 4.98 Å². The zero-order chi connectivity index (χ0) is 17.5. The monoisotopic (exact) mass is 356 g/mol. The number of thiophene rings is 1. The molecule has 132 valence electrons. The highest BCUT2D eigenvalue weighted by Crippen LogP contribution is 2.38. The first-order valence-electron chi connectivity index (χ1n) is 9.03. The van der Waals surface area contributed by atoms with Gasteiger partial charge in [-0.1, -0.05) is 32.3 Å². The van der Waals surface area contributed by atoms with Crippen LogP contribution in [-0.4, -0.2) is 11.2 Å². The molecular formula is C19H24N4OS. The van der Waals surface area contributed by atoms with Crippen molar-refractivity contribution in [3.8, 4) is 6.07 Å². The van der Waals surface area contributed by atoms with Crippen LogP contribution in [0.2, 0.25) is 0 Å². The Balaban J connectivity index is 1.60. The number of hydrazone groups is 1. The zero-order valence-corrected chi connectivity index (χ0v) is 15.4. The van der Waals surface area contributed by atoms with Crippen LogP contribution in [0.5, 0.6) is 0 Å². The van der Waals surface area contributed by atoms with E-state index in [-0.39, 0.29) is 5.69 Å². The van der Waals surface area contributed by atoms with Crippen molar-refractivity contribution in [1.29, 1.82) is 5.26 Å². The van der Waals surface area contributed by atoms with Crippen molar-refractivity contribution in [2.45, 2.75) is 57.8 Å². The highest BCUT2D eigenvalue weighted by atomic mass is 32.1. The summed E-state index contributed by atoms with van der Waals surface area (Å²) in [6.45, 7) is 2.25. The van der Waals surface area contributed by atoms with E-state index >= 15 is 0 Å². The third kappa shape index (κ3) is 4.70. The summed E-state index contributed by atoms with van der Waals surface area (Å²) < 4.78 is 5.83. The summed E-state index contributed by atoms with van der Waals surface area (Å²) in [5.74, 6) is 2.19. The molecule has 0 spiro atoms. The number of unbranched alkanes of at least 4 members (excludes halogenated alkanes) is 1. The van der Waals surface area contributed by atoms with E-state index in [9.17, 15) is 5.26 Å². The molecule has 0 aliphatic heterocycles. The topological polar surface area (TPSA) is 74.2 Å². The Morgan fingerprint density at radius 2 is 2.28 bits per heavy atom. The quantitative estimate of drug-likeness (QED) is 0.524. The van der Waals surface area contributed by atoms with Crippen LogP contribution in [0, 0.1) is 17.2 Å². The Morgan fingerprint density at radius 1 is 1.44 bits per heavy atom. The van der Waals surface area contributed by atoms with Crippen LogP contribution >= 0.6 is 11.3 Å². The second-order valence-electron chi connectivity index (χ2n) is 6.59. The van der Waals surface area contributed by atoms with E-state index in [0.717, 1.165) is 23.6 Å². The third-order valence-corrected chi connectivity index (χ3v) is 5.62. The van der Waals surface area contributed by atoms with Gasteiger partial charge in [-0.2, -0.15) is 10.4 Å². The Hall–Kier alpha value is -2.13. The molecule has 0 aromatic carbocycles. The molecule has 25 heavy (non-hydrogen) atoms.